The number of methoxy groups -OCH3 is 2. The van der Waals surface area contributed by atoms with E-state index in [4.69, 9.17) is 25.6 Å². The van der Waals surface area contributed by atoms with Gasteiger partial charge in [-0.2, -0.15) is 4.98 Å². The van der Waals surface area contributed by atoms with Crippen LogP contribution in [0.2, 0.25) is 5.02 Å². The van der Waals surface area contributed by atoms with Crippen molar-refractivity contribution in [1.29, 1.82) is 0 Å². The van der Waals surface area contributed by atoms with Crippen LogP contribution in [-0.2, 0) is 13.0 Å². The van der Waals surface area contributed by atoms with Crippen LogP contribution in [-0.4, -0.2) is 43.4 Å². The van der Waals surface area contributed by atoms with Crippen LogP contribution in [0.3, 0.4) is 0 Å². The minimum atomic E-state index is 0.263. The van der Waals surface area contributed by atoms with Crippen molar-refractivity contribution < 1.29 is 14.0 Å². The standard InChI is InChI=1S/C22H26ClN5O3/c1-4-24-22(25-11-10-15-8-9-18(29-2)19(12-15)30-3)26-14-20-27-21(28-31-20)16-6-5-7-17(23)13-16/h5-9,12-13H,4,10-11,14H2,1-3H3,(H2,24,25,26). The highest BCUT2D eigenvalue weighted by Gasteiger charge is 2.09. The first-order valence-corrected chi connectivity index (χ1v) is 10.3. The summed E-state index contributed by atoms with van der Waals surface area (Å²) < 4.78 is 16.0. The molecule has 0 spiro atoms. The molecule has 0 radical (unpaired) electrons. The van der Waals surface area contributed by atoms with Crippen molar-refractivity contribution in [2.75, 3.05) is 27.3 Å². The van der Waals surface area contributed by atoms with E-state index in [0.717, 1.165) is 24.1 Å². The molecule has 0 saturated carbocycles. The zero-order chi connectivity index (χ0) is 22.1. The molecule has 0 bridgehead atoms. The Kier molecular flexibility index (Phi) is 8.12. The Morgan fingerprint density at radius 1 is 1.10 bits per heavy atom. The van der Waals surface area contributed by atoms with Gasteiger partial charge in [0.05, 0.1) is 14.2 Å². The minimum absolute atomic E-state index is 0.263. The van der Waals surface area contributed by atoms with Crippen LogP contribution < -0.4 is 20.1 Å². The lowest BCUT2D eigenvalue weighted by Gasteiger charge is -2.12. The second-order valence-electron chi connectivity index (χ2n) is 6.58. The zero-order valence-electron chi connectivity index (χ0n) is 17.8. The monoisotopic (exact) mass is 443 g/mol. The number of ether oxygens (including phenoxy) is 2. The van der Waals surface area contributed by atoms with E-state index in [1.54, 1.807) is 26.4 Å². The van der Waals surface area contributed by atoms with Crippen molar-refractivity contribution in [2.24, 2.45) is 4.99 Å². The average molecular weight is 444 g/mol. The Bertz CT molecular complexity index is 1020. The molecule has 0 atom stereocenters. The number of hydrogen-bond acceptors (Lipinski definition) is 6. The predicted molar refractivity (Wildman–Crippen MR) is 121 cm³/mol. The predicted octanol–water partition coefficient (Wildman–Crippen LogP) is 3.71. The summed E-state index contributed by atoms with van der Waals surface area (Å²) in [6.07, 6.45) is 0.796. The molecule has 31 heavy (non-hydrogen) atoms. The van der Waals surface area contributed by atoms with Gasteiger partial charge in [-0.25, -0.2) is 4.99 Å². The Labute approximate surface area is 186 Å². The van der Waals surface area contributed by atoms with Crippen molar-refractivity contribution in [3.63, 3.8) is 0 Å². The Morgan fingerprint density at radius 2 is 1.94 bits per heavy atom. The third kappa shape index (κ3) is 6.36. The van der Waals surface area contributed by atoms with Gasteiger partial charge in [0.15, 0.2) is 17.5 Å². The van der Waals surface area contributed by atoms with Gasteiger partial charge in [0, 0.05) is 23.7 Å². The fraction of sp³-hybridized carbons (Fsp3) is 0.318. The van der Waals surface area contributed by atoms with E-state index in [-0.39, 0.29) is 6.54 Å². The molecule has 3 rings (SSSR count). The number of nitrogens with one attached hydrogen (secondary N) is 2. The third-order valence-electron chi connectivity index (χ3n) is 4.42. The summed E-state index contributed by atoms with van der Waals surface area (Å²) in [6.45, 7) is 3.70. The van der Waals surface area contributed by atoms with Gasteiger partial charge in [-0.1, -0.05) is 35.0 Å². The highest BCUT2D eigenvalue weighted by molar-refractivity contribution is 6.30. The molecule has 8 nitrogen and oxygen atoms in total. The summed E-state index contributed by atoms with van der Waals surface area (Å²) in [5.41, 5.74) is 1.93. The molecule has 1 heterocycles. The lowest BCUT2D eigenvalue weighted by Crippen LogP contribution is -2.38. The minimum Gasteiger partial charge on any atom is -0.493 e. The quantitative estimate of drug-likeness (QED) is 0.384. The van der Waals surface area contributed by atoms with E-state index in [2.05, 4.69) is 25.8 Å². The zero-order valence-corrected chi connectivity index (χ0v) is 18.6. The van der Waals surface area contributed by atoms with Crippen molar-refractivity contribution >= 4 is 17.6 Å². The second kappa shape index (κ2) is 11.2. The van der Waals surface area contributed by atoms with Gasteiger partial charge in [-0.05, 0) is 43.2 Å². The van der Waals surface area contributed by atoms with Crippen LogP contribution in [0, 0.1) is 0 Å². The summed E-state index contributed by atoms with van der Waals surface area (Å²) in [5.74, 6) is 3.01. The van der Waals surface area contributed by atoms with Gasteiger partial charge in [-0.3, -0.25) is 0 Å². The van der Waals surface area contributed by atoms with Gasteiger partial charge in [0.2, 0.25) is 11.7 Å². The van der Waals surface area contributed by atoms with Crippen molar-refractivity contribution in [2.45, 2.75) is 19.9 Å². The average Bonchev–Trinajstić information content (AvgIpc) is 3.26. The van der Waals surface area contributed by atoms with Gasteiger partial charge >= 0.3 is 0 Å². The number of hydrogen-bond donors (Lipinski definition) is 2. The maximum Gasteiger partial charge on any atom is 0.248 e. The Balaban J connectivity index is 1.58. The molecule has 0 fully saturated rings. The Hall–Kier alpha value is -3.26. The number of aromatic nitrogens is 2. The number of nitrogens with zero attached hydrogens (tertiary/aromatic N) is 3. The van der Waals surface area contributed by atoms with Crippen LogP contribution in [0.1, 0.15) is 18.4 Å². The first-order valence-electron chi connectivity index (χ1n) is 9.94. The summed E-state index contributed by atoms with van der Waals surface area (Å²) in [7, 11) is 3.25. The lowest BCUT2D eigenvalue weighted by molar-refractivity contribution is 0.354. The molecule has 9 heteroatoms. The number of benzene rings is 2. The summed E-state index contributed by atoms with van der Waals surface area (Å²) in [6, 6.07) is 13.2. The summed E-state index contributed by atoms with van der Waals surface area (Å²) in [4.78, 5) is 8.92. The number of rotatable bonds is 9. The van der Waals surface area contributed by atoms with Crippen LogP contribution in [0.5, 0.6) is 11.5 Å². The molecule has 0 amide bonds. The first-order chi connectivity index (χ1) is 15.1. The first kappa shape index (κ1) is 22.4. The molecular formula is C22H26ClN5O3. The molecule has 1 aromatic heterocycles. The van der Waals surface area contributed by atoms with Crippen molar-refractivity contribution in [1.82, 2.24) is 20.8 Å². The highest BCUT2D eigenvalue weighted by Crippen LogP contribution is 2.27. The second-order valence-corrected chi connectivity index (χ2v) is 7.02. The van der Waals surface area contributed by atoms with E-state index >= 15 is 0 Å². The molecule has 2 aromatic carbocycles. The normalized spacial score (nSPS) is 11.3. The van der Waals surface area contributed by atoms with E-state index in [1.165, 1.54) is 0 Å². The largest absolute Gasteiger partial charge is 0.493 e. The van der Waals surface area contributed by atoms with Crippen LogP contribution in [0.25, 0.3) is 11.4 Å². The summed E-state index contributed by atoms with van der Waals surface area (Å²) >= 11 is 6.03. The van der Waals surface area contributed by atoms with Gasteiger partial charge in [0.1, 0.15) is 6.54 Å². The molecule has 0 aliphatic carbocycles. The SMILES string of the molecule is CCNC(=NCc1nc(-c2cccc(Cl)c2)no1)NCCc1ccc(OC)c(OC)c1. The molecular weight excluding hydrogens is 418 g/mol. The molecule has 2 N–H and O–H groups in total. The van der Waals surface area contributed by atoms with Crippen molar-refractivity contribution in [3.05, 3.63) is 58.9 Å². The van der Waals surface area contributed by atoms with Crippen molar-refractivity contribution in [3.8, 4) is 22.9 Å². The smallest absolute Gasteiger partial charge is 0.248 e. The maximum atomic E-state index is 6.03. The number of guanidine groups is 1. The number of aliphatic imine (C=N–C) groups is 1. The Morgan fingerprint density at radius 3 is 2.68 bits per heavy atom. The van der Waals surface area contributed by atoms with Crippen LogP contribution >= 0.6 is 11.6 Å². The van der Waals surface area contributed by atoms with Gasteiger partial charge in [-0.15, -0.1) is 0 Å². The fourth-order valence-electron chi connectivity index (χ4n) is 2.91. The van der Waals surface area contributed by atoms with Gasteiger partial charge in [0.25, 0.3) is 0 Å². The lowest BCUT2D eigenvalue weighted by atomic mass is 10.1. The molecule has 164 valence electrons. The van der Waals surface area contributed by atoms with E-state index < -0.39 is 0 Å². The molecule has 0 saturated heterocycles. The third-order valence-corrected chi connectivity index (χ3v) is 4.66. The fourth-order valence-corrected chi connectivity index (χ4v) is 3.10. The van der Waals surface area contributed by atoms with Crippen LogP contribution in [0.4, 0.5) is 0 Å². The topological polar surface area (TPSA) is 93.8 Å². The number of halogens is 1. The van der Waals surface area contributed by atoms with Gasteiger partial charge < -0.3 is 24.6 Å². The van der Waals surface area contributed by atoms with Crippen LogP contribution in [0.15, 0.2) is 52.0 Å². The highest BCUT2D eigenvalue weighted by atomic mass is 35.5. The summed E-state index contributed by atoms with van der Waals surface area (Å²) in [5, 5.41) is 11.2. The molecule has 0 aliphatic rings. The maximum absolute atomic E-state index is 6.03. The molecule has 0 unspecified atom stereocenters. The molecule has 3 aromatic rings. The van der Waals surface area contributed by atoms with E-state index in [0.29, 0.717) is 40.7 Å². The van der Waals surface area contributed by atoms with E-state index in [1.807, 2.05) is 37.3 Å². The molecule has 0 aliphatic heterocycles. The van der Waals surface area contributed by atoms with E-state index in [9.17, 15) is 0 Å².